The number of carbonyl (C=O) groups is 8. The molecular weight excluding hydrogens is 877 g/mol. The number of benzene rings is 3. The Hall–Kier alpha value is -7.30. The molecule has 17 nitrogen and oxygen atoms in total. The molecule has 0 aliphatic carbocycles. The number of amides is 4. The molecule has 68 heavy (non-hydrogen) atoms. The summed E-state index contributed by atoms with van der Waals surface area (Å²) >= 11 is 0. The highest BCUT2D eigenvalue weighted by Crippen LogP contribution is 2.30. The Labute approximate surface area is 396 Å². The monoisotopic (exact) mass is 938 g/mol. The van der Waals surface area contributed by atoms with Gasteiger partial charge in [-0.25, -0.2) is 14.4 Å². The Kier molecular flexibility index (Phi) is 22.0. The molecule has 0 aliphatic heterocycles. The third-order valence-corrected chi connectivity index (χ3v) is 11.0. The van der Waals surface area contributed by atoms with E-state index in [2.05, 4.69) is 16.0 Å². The van der Waals surface area contributed by atoms with E-state index in [9.17, 15) is 38.4 Å². The second kappa shape index (κ2) is 28.0. The number of nitrogens with one attached hydrogen (secondary N) is 3. The largest absolute Gasteiger partial charge is 0.481 e. The van der Waals surface area contributed by atoms with Gasteiger partial charge in [-0.2, -0.15) is 5.06 Å². The van der Waals surface area contributed by atoms with Gasteiger partial charge in [-0.3, -0.25) is 24.0 Å². The van der Waals surface area contributed by atoms with Gasteiger partial charge >= 0.3 is 17.9 Å². The molecule has 4 amide bonds. The second-order valence-corrected chi connectivity index (χ2v) is 16.0. The number of ketones is 1. The first kappa shape index (κ1) is 53.3. The quantitative estimate of drug-likeness (QED) is 0.0164. The Morgan fingerprint density at radius 3 is 2.00 bits per heavy atom. The van der Waals surface area contributed by atoms with Crippen LogP contribution in [-0.2, 0) is 56.3 Å². The summed E-state index contributed by atoms with van der Waals surface area (Å²) in [6.07, 6.45) is 4.27. The summed E-state index contributed by atoms with van der Waals surface area (Å²) in [5.74, 6) is -5.66. The molecular formula is C51H62N4O13. The number of hydroxylamine groups is 2. The van der Waals surface area contributed by atoms with Crippen molar-refractivity contribution in [2.24, 2.45) is 11.8 Å². The Morgan fingerprint density at radius 2 is 1.40 bits per heavy atom. The van der Waals surface area contributed by atoms with Crippen LogP contribution in [0.4, 0.5) is 0 Å². The molecule has 4 aromatic rings. The zero-order valence-corrected chi connectivity index (χ0v) is 39.3. The summed E-state index contributed by atoms with van der Waals surface area (Å²) in [5, 5.41) is 8.82. The van der Waals surface area contributed by atoms with Crippen molar-refractivity contribution in [3.63, 3.8) is 0 Å². The standard InChI is InChI=1S/C51H62N4O13/c1-6-10-13-22-39(42(9-4)55(33-56)68-50(62)37(7-2)8-3)47(59)52-32-53-49(61)44-26-25-43(67-44)38-23-24-40(45(28-38)64-31-46(58)65-29-35-18-14-11-15-19-35)48(60)54-41(27-34(5)57)51(63)66-30-36-20-16-12-17-21-36/h11-12,14-21,23-26,28,33,37,39,41-42H,6-10,13,22,27,29-32H2,1-5H3,(H,52,59)(H,53,61)(H,54,60)/t39-,41+,42-/m1/s1. The fourth-order valence-corrected chi connectivity index (χ4v) is 7.21. The summed E-state index contributed by atoms with van der Waals surface area (Å²) in [5.41, 5.74) is 1.67. The van der Waals surface area contributed by atoms with E-state index in [1.165, 1.54) is 37.3 Å². The number of hydrogen-bond donors (Lipinski definition) is 3. The first-order valence-corrected chi connectivity index (χ1v) is 22.9. The molecule has 1 aromatic heterocycles. The molecule has 0 spiro atoms. The maximum Gasteiger partial charge on any atom is 0.344 e. The zero-order chi connectivity index (χ0) is 49.4. The van der Waals surface area contributed by atoms with E-state index in [-0.39, 0.29) is 54.9 Å². The van der Waals surface area contributed by atoms with Gasteiger partial charge in [0.15, 0.2) is 12.4 Å². The topological polar surface area (TPSA) is 226 Å². The lowest BCUT2D eigenvalue weighted by molar-refractivity contribution is -0.208. The number of rotatable bonds is 29. The maximum absolute atomic E-state index is 13.8. The van der Waals surface area contributed by atoms with Gasteiger partial charge in [0.2, 0.25) is 12.3 Å². The molecule has 17 heteroatoms. The van der Waals surface area contributed by atoms with Gasteiger partial charge in [0, 0.05) is 12.0 Å². The summed E-state index contributed by atoms with van der Waals surface area (Å²) in [4.78, 5) is 109. The number of unbranched alkanes of at least 4 members (excludes halogenated alkanes) is 2. The molecule has 0 unspecified atom stereocenters. The summed E-state index contributed by atoms with van der Waals surface area (Å²) in [7, 11) is 0. The Balaban J connectivity index is 1.49. The molecule has 0 fully saturated rings. The molecule has 0 bridgehead atoms. The van der Waals surface area contributed by atoms with Crippen LogP contribution in [-0.4, -0.2) is 78.2 Å². The average molecular weight is 939 g/mol. The van der Waals surface area contributed by atoms with E-state index in [4.69, 9.17) is 23.5 Å². The number of furan rings is 1. The fourth-order valence-electron chi connectivity index (χ4n) is 7.21. The van der Waals surface area contributed by atoms with Gasteiger partial charge in [-0.1, -0.05) is 114 Å². The lowest BCUT2D eigenvalue weighted by Gasteiger charge is -2.32. The predicted molar refractivity (Wildman–Crippen MR) is 249 cm³/mol. The van der Waals surface area contributed by atoms with Crippen molar-refractivity contribution in [2.75, 3.05) is 13.3 Å². The van der Waals surface area contributed by atoms with Crippen LogP contribution in [0.25, 0.3) is 11.3 Å². The number of hydrogen-bond acceptors (Lipinski definition) is 13. The van der Waals surface area contributed by atoms with Crippen LogP contribution in [0, 0.1) is 11.8 Å². The first-order valence-electron chi connectivity index (χ1n) is 22.9. The van der Waals surface area contributed by atoms with Crippen LogP contribution in [0.1, 0.15) is 118 Å². The van der Waals surface area contributed by atoms with E-state index in [0.29, 0.717) is 49.6 Å². The highest BCUT2D eigenvalue weighted by atomic mass is 16.7. The molecule has 0 aliphatic rings. The highest BCUT2D eigenvalue weighted by Gasteiger charge is 2.34. The molecule has 3 aromatic carbocycles. The van der Waals surface area contributed by atoms with Crippen LogP contribution in [0.5, 0.6) is 5.75 Å². The normalized spacial score (nSPS) is 12.1. The lowest BCUT2D eigenvalue weighted by atomic mass is 9.90. The average Bonchev–Trinajstić information content (AvgIpc) is 3.85. The summed E-state index contributed by atoms with van der Waals surface area (Å²) < 4.78 is 22.5. The molecule has 364 valence electrons. The van der Waals surface area contributed by atoms with Crippen LogP contribution in [0.15, 0.2) is 95.4 Å². The van der Waals surface area contributed by atoms with E-state index < -0.39 is 66.2 Å². The predicted octanol–water partition coefficient (Wildman–Crippen LogP) is 7.02. The number of ether oxygens (including phenoxy) is 3. The number of carbonyl (C=O) groups excluding carboxylic acids is 8. The minimum absolute atomic E-state index is 0.0254. The van der Waals surface area contributed by atoms with Gasteiger partial charge in [0.1, 0.15) is 36.5 Å². The molecule has 0 saturated carbocycles. The lowest BCUT2D eigenvalue weighted by Crippen LogP contribution is -2.49. The van der Waals surface area contributed by atoms with Crippen molar-refractivity contribution < 1.29 is 61.8 Å². The van der Waals surface area contributed by atoms with Crippen molar-refractivity contribution in [3.05, 3.63) is 113 Å². The SMILES string of the molecule is CCCCC[C@@H](C(=O)NCNC(=O)c1ccc(-c2ccc(C(=O)N[C@@H](CC(C)=O)C(=O)OCc3ccccc3)c(OCC(=O)OCc3ccccc3)c2)o1)[C@@H](CC)N(C=O)OC(=O)C(CC)CC. The van der Waals surface area contributed by atoms with Crippen LogP contribution in [0.3, 0.4) is 0 Å². The van der Waals surface area contributed by atoms with E-state index in [1.807, 2.05) is 32.9 Å². The van der Waals surface area contributed by atoms with E-state index in [1.54, 1.807) is 55.5 Å². The minimum Gasteiger partial charge on any atom is -0.481 e. The summed E-state index contributed by atoms with van der Waals surface area (Å²) in [6, 6.07) is 22.9. The van der Waals surface area contributed by atoms with Crippen molar-refractivity contribution in [1.82, 2.24) is 21.0 Å². The van der Waals surface area contributed by atoms with Gasteiger partial charge in [0.05, 0.1) is 30.1 Å². The van der Waals surface area contributed by atoms with E-state index in [0.717, 1.165) is 23.5 Å². The number of nitrogens with zero attached hydrogens (tertiary/aromatic N) is 1. The minimum atomic E-state index is -1.35. The number of esters is 2. The van der Waals surface area contributed by atoms with Gasteiger partial charge in [-0.15, -0.1) is 0 Å². The smallest absolute Gasteiger partial charge is 0.344 e. The van der Waals surface area contributed by atoms with Crippen molar-refractivity contribution in [3.8, 4) is 17.1 Å². The second-order valence-electron chi connectivity index (χ2n) is 16.0. The van der Waals surface area contributed by atoms with Gasteiger partial charge < -0.3 is 39.4 Å². The van der Waals surface area contributed by atoms with Crippen LogP contribution < -0.4 is 20.7 Å². The molecule has 3 atom stereocenters. The highest BCUT2D eigenvalue weighted by molar-refractivity contribution is 6.00. The zero-order valence-electron chi connectivity index (χ0n) is 39.3. The van der Waals surface area contributed by atoms with E-state index >= 15 is 0 Å². The Morgan fingerprint density at radius 1 is 0.735 bits per heavy atom. The first-order chi connectivity index (χ1) is 32.8. The Bertz CT molecular complexity index is 2300. The summed E-state index contributed by atoms with van der Waals surface area (Å²) in [6.45, 7) is 7.77. The molecule has 3 N–H and O–H groups in total. The molecule has 4 rings (SSSR count). The van der Waals surface area contributed by atoms with Gasteiger partial charge in [0.25, 0.3) is 11.8 Å². The van der Waals surface area contributed by atoms with Crippen molar-refractivity contribution >= 4 is 47.8 Å². The molecule has 0 saturated heterocycles. The molecule has 0 radical (unpaired) electrons. The fraction of sp³-hybridized carbons (Fsp3) is 0.412. The van der Waals surface area contributed by atoms with Gasteiger partial charge in [-0.05, 0) is 68.0 Å². The van der Waals surface area contributed by atoms with Crippen LogP contribution in [0.2, 0.25) is 0 Å². The van der Waals surface area contributed by atoms with Crippen molar-refractivity contribution in [2.45, 2.75) is 111 Å². The third kappa shape index (κ3) is 16.5. The third-order valence-electron chi connectivity index (χ3n) is 11.0. The number of Topliss-reactive ketones (excluding diaryl/α,β-unsaturated/α-hetero) is 1. The molecule has 1 heterocycles. The van der Waals surface area contributed by atoms with Crippen molar-refractivity contribution in [1.29, 1.82) is 0 Å². The maximum atomic E-state index is 13.8. The van der Waals surface area contributed by atoms with Crippen LogP contribution >= 0.6 is 0 Å².